The molecule has 2 aromatic carbocycles. The van der Waals surface area contributed by atoms with E-state index >= 15 is 0 Å². The fourth-order valence-corrected chi connectivity index (χ4v) is 4.52. The van der Waals surface area contributed by atoms with Crippen molar-refractivity contribution in [3.8, 4) is 0 Å². The first kappa shape index (κ1) is 25.6. The Kier molecular flexibility index (Phi) is 9.79. The predicted octanol–water partition coefficient (Wildman–Crippen LogP) is 5.29. The number of halogens is 1. The molecule has 3 rings (SSSR count). The molecule has 3 aromatic rings. The molecule has 0 aliphatic carbocycles. The molecule has 0 bridgehead atoms. The molecule has 0 aliphatic heterocycles. The van der Waals surface area contributed by atoms with Crippen molar-refractivity contribution in [1.82, 2.24) is 9.80 Å². The Morgan fingerprint density at radius 3 is 2.35 bits per heavy atom. The zero-order valence-electron chi connectivity index (χ0n) is 19.7. The van der Waals surface area contributed by atoms with Gasteiger partial charge in [-0.2, -0.15) is 0 Å². The Labute approximate surface area is 204 Å². The number of rotatable bonds is 12. The van der Waals surface area contributed by atoms with E-state index in [1.807, 2.05) is 56.3 Å². The van der Waals surface area contributed by atoms with Crippen LogP contribution >= 0.6 is 11.3 Å². The molecule has 1 aromatic heterocycles. The van der Waals surface area contributed by atoms with Gasteiger partial charge in [-0.05, 0) is 50.1 Å². The molecule has 0 N–H and O–H groups in total. The van der Waals surface area contributed by atoms with Gasteiger partial charge in [-0.3, -0.25) is 9.59 Å². The second kappa shape index (κ2) is 13.0. The van der Waals surface area contributed by atoms with Gasteiger partial charge in [-0.1, -0.05) is 42.5 Å². The van der Waals surface area contributed by atoms with E-state index in [9.17, 15) is 14.0 Å². The number of thiophene rings is 1. The highest BCUT2D eigenvalue weighted by molar-refractivity contribution is 7.11. The van der Waals surface area contributed by atoms with Crippen LogP contribution in [0, 0.1) is 12.7 Å². The highest BCUT2D eigenvalue weighted by atomic mass is 32.1. The maximum absolute atomic E-state index is 14.4. The molecule has 0 spiro atoms. The van der Waals surface area contributed by atoms with Gasteiger partial charge >= 0.3 is 0 Å². The summed E-state index contributed by atoms with van der Waals surface area (Å²) in [5, 5.41) is 0. The van der Waals surface area contributed by atoms with Crippen molar-refractivity contribution in [2.75, 3.05) is 26.3 Å². The van der Waals surface area contributed by atoms with E-state index in [0.29, 0.717) is 39.3 Å². The first-order chi connectivity index (χ1) is 16.5. The molecule has 0 atom stereocenters. The monoisotopic (exact) mass is 482 g/mol. The fourth-order valence-electron chi connectivity index (χ4n) is 3.62. The molecule has 2 amide bonds. The second-order valence-electron chi connectivity index (χ2n) is 8.00. The summed E-state index contributed by atoms with van der Waals surface area (Å²) in [6, 6.07) is 19.7. The average molecular weight is 483 g/mol. The molecule has 0 saturated carbocycles. The summed E-state index contributed by atoms with van der Waals surface area (Å²) in [4.78, 5) is 32.1. The lowest BCUT2D eigenvalue weighted by Gasteiger charge is -2.28. The largest absolute Gasteiger partial charge is 0.382 e. The van der Waals surface area contributed by atoms with Gasteiger partial charge in [-0.15, -0.1) is 11.3 Å². The summed E-state index contributed by atoms with van der Waals surface area (Å²) in [6.07, 6.45) is 0.560. The van der Waals surface area contributed by atoms with Crippen molar-refractivity contribution < 1.29 is 18.7 Å². The number of carbonyl (C=O) groups is 2. The van der Waals surface area contributed by atoms with Crippen molar-refractivity contribution in [1.29, 1.82) is 0 Å². The van der Waals surface area contributed by atoms with Gasteiger partial charge in [0.15, 0.2) is 0 Å². The highest BCUT2D eigenvalue weighted by Gasteiger charge is 2.24. The topological polar surface area (TPSA) is 49.9 Å². The fraction of sp³-hybridized carbons (Fsp3) is 0.333. The van der Waals surface area contributed by atoms with Crippen molar-refractivity contribution in [3.63, 3.8) is 0 Å². The molecular formula is C27H31FN2O3S. The van der Waals surface area contributed by atoms with Gasteiger partial charge in [0.2, 0.25) is 5.91 Å². The molecule has 0 fully saturated rings. The van der Waals surface area contributed by atoms with E-state index in [1.54, 1.807) is 28.4 Å². The van der Waals surface area contributed by atoms with Crippen LogP contribution in [-0.2, 0) is 22.6 Å². The Morgan fingerprint density at radius 1 is 0.941 bits per heavy atom. The molecule has 1 heterocycles. The van der Waals surface area contributed by atoms with Crippen LogP contribution in [0.2, 0.25) is 0 Å². The minimum Gasteiger partial charge on any atom is -0.382 e. The van der Waals surface area contributed by atoms with E-state index in [2.05, 4.69) is 0 Å². The number of nitrogens with zero attached hydrogens (tertiary/aromatic N) is 2. The average Bonchev–Trinajstić information content (AvgIpc) is 3.25. The minimum absolute atomic E-state index is 0.0322. The van der Waals surface area contributed by atoms with Crippen molar-refractivity contribution in [2.45, 2.75) is 33.4 Å². The van der Waals surface area contributed by atoms with Crippen LogP contribution < -0.4 is 0 Å². The second-order valence-corrected chi connectivity index (χ2v) is 9.38. The normalized spacial score (nSPS) is 10.8. The lowest BCUT2D eigenvalue weighted by molar-refractivity contribution is -0.133. The third-order valence-electron chi connectivity index (χ3n) is 5.35. The lowest BCUT2D eigenvalue weighted by atomic mass is 10.1. The number of hydrogen-bond acceptors (Lipinski definition) is 4. The third kappa shape index (κ3) is 7.50. The Balaban J connectivity index is 1.80. The number of carbonyl (C=O) groups excluding carboxylic acids is 2. The maximum Gasteiger partial charge on any atom is 0.257 e. The summed E-state index contributed by atoms with van der Waals surface area (Å²) in [5.41, 5.74) is 0.975. The van der Waals surface area contributed by atoms with Crippen LogP contribution in [-0.4, -0.2) is 47.9 Å². The van der Waals surface area contributed by atoms with E-state index in [4.69, 9.17) is 4.74 Å². The first-order valence-corrected chi connectivity index (χ1v) is 12.3. The van der Waals surface area contributed by atoms with Crippen LogP contribution in [0.5, 0.6) is 0 Å². The van der Waals surface area contributed by atoms with Crippen molar-refractivity contribution in [2.24, 2.45) is 0 Å². The zero-order chi connectivity index (χ0) is 24.3. The number of ether oxygens (including phenoxy) is 1. The Bertz CT molecular complexity index is 1070. The van der Waals surface area contributed by atoms with Crippen LogP contribution in [0.15, 0.2) is 66.7 Å². The molecule has 7 heteroatoms. The van der Waals surface area contributed by atoms with Crippen LogP contribution in [0.25, 0.3) is 0 Å². The van der Waals surface area contributed by atoms with Gasteiger partial charge in [0, 0.05) is 36.1 Å². The Morgan fingerprint density at radius 2 is 1.68 bits per heavy atom. The predicted molar refractivity (Wildman–Crippen MR) is 133 cm³/mol. The van der Waals surface area contributed by atoms with Gasteiger partial charge in [-0.25, -0.2) is 4.39 Å². The summed E-state index contributed by atoms with van der Waals surface area (Å²) >= 11 is 1.65. The summed E-state index contributed by atoms with van der Waals surface area (Å²) in [7, 11) is 0. The summed E-state index contributed by atoms with van der Waals surface area (Å²) in [6.45, 7) is 6.03. The minimum atomic E-state index is -0.593. The van der Waals surface area contributed by atoms with Gasteiger partial charge < -0.3 is 14.5 Å². The van der Waals surface area contributed by atoms with Crippen molar-refractivity contribution >= 4 is 23.2 Å². The number of aryl methyl sites for hydroxylation is 1. The van der Waals surface area contributed by atoms with Crippen molar-refractivity contribution in [3.05, 3.63) is 93.4 Å². The molecule has 180 valence electrons. The first-order valence-electron chi connectivity index (χ1n) is 11.5. The van der Waals surface area contributed by atoms with Gasteiger partial charge in [0.1, 0.15) is 12.4 Å². The van der Waals surface area contributed by atoms with Crippen LogP contribution in [0.3, 0.4) is 0 Å². The third-order valence-corrected chi connectivity index (χ3v) is 6.34. The summed E-state index contributed by atoms with van der Waals surface area (Å²) < 4.78 is 19.8. The molecule has 0 radical (unpaired) electrons. The van der Waals surface area contributed by atoms with E-state index in [0.717, 1.165) is 10.4 Å². The molecule has 0 saturated heterocycles. The van der Waals surface area contributed by atoms with Gasteiger partial charge in [0.25, 0.3) is 5.91 Å². The number of hydrogen-bond donors (Lipinski definition) is 0. The van der Waals surface area contributed by atoms with E-state index < -0.39 is 11.7 Å². The number of amides is 2. The molecule has 0 aliphatic rings. The van der Waals surface area contributed by atoms with Gasteiger partial charge in [0.05, 0.1) is 12.1 Å². The quantitative estimate of drug-likeness (QED) is 0.330. The smallest absolute Gasteiger partial charge is 0.257 e. The molecule has 0 unspecified atom stereocenters. The van der Waals surface area contributed by atoms with E-state index in [1.165, 1.54) is 21.9 Å². The SMILES string of the molecule is CCOCCCN(CC(=O)N(Cc1ccccc1)Cc1ccc(C)s1)C(=O)c1ccccc1F. The Hall–Kier alpha value is -3.03. The van der Waals surface area contributed by atoms with Crippen LogP contribution in [0.4, 0.5) is 4.39 Å². The van der Waals surface area contributed by atoms with E-state index in [-0.39, 0.29) is 18.0 Å². The lowest BCUT2D eigenvalue weighted by Crippen LogP contribution is -2.43. The highest BCUT2D eigenvalue weighted by Crippen LogP contribution is 2.19. The standard InChI is InChI=1S/C27H31FN2O3S/c1-3-33-17-9-16-29(27(32)24-12-7-8-13-25(24)28)20-26(31)30(18-22-10-5-4-6-11-22)19-23-15-14-21(2)34-23/h4-8,10-15H,3,9,16-20H2,1-2H3. The van der Waals surface area contributed by atoms with Crippen LogP contribution in [0.1, 0.15) is 39.0 Å². The summed E-state index contributed by atoms with van der Waals surface area (Å²) in [5.74, 6) is -1.27. The molecular weight excluding hydrogens is 451 g/mol. The zero-order valence-corrected chi connectivity index (χ0v) is 20.5. The maximum atomic E-state index is 14.4. The molecule has 34 heavy (non-hydrogen) atoms. The molecule has 5 nitrogen and oxygen atoms in total. The number of benzene rings is 2.